The Morgan fingerprint density at radius 2 is 1.53 bits per heavy atom. The van der Waals surface area contributed by atoms with Crippen molar-refractivity contribution in [3.05, 3.63) is 12.2 Å². The van der Waals surface area contributed by atoms with Crippen molar-refractivity contribution in [3.8, 4) is 0 Å². The number of hydrogen-bond donors (Lipinski definition) is 0. The van der Waals surface area contributed by atoms with Gasteiger partial charge in [-0.2, -0.15) is 0 Å². The van der Waals surface area contributed by atoms with Gasteiger partial charge in [-0.3, -0.25) is 4.79 Å². The topological polar surface area (TPSA) is 26.3 Å². The number of cyclic esters (lactones) is 1. The molecule has 0 atom stereocenters. The molecule has 0 spiro atoms. The third-order valence-electron chi connectivity index (χ3n) is 2.73. The molecular formula is C13H22O2. The van der Waals surface area contributed by atoms with Gasteiger partial charge in [0.25, 0.3) is 0 Å². The molecule has 15 heavy (non-hydrogen) atoms. The molecular weight excluding hydrogens is 188 g/mol. The van der Waals surface area contributed by atoms with Gasteiger partial charge in [-0.1, -0.05) is 44.3 Å². The summed E-state index contributed by atoms with van der Waals surface area (Å²) in [6, 6.07) is 0. The fourth-order valence-corrected chi connectivity index (χ4v) is 1.79. The van der Waals surface area contributed by atoms with Crippen molar-refractivity contribution in [2.24, 2.45) is 0 Å². The maximum Gasteiger partial charge on any atom is 0.309 e. The molecule has 2 nitrogen and oxygen atoms in total. The number of hydrogen-bond acceptors (Lipinski definition) is 2. The molecule has 2 heteroatoms. The second kappa shape index (κ2) is 8.51. The predicted molar refractivity (Wildman–Crippen MR) is 61.7 cm³/mol. The van der Waals surface area contributed by atoms with Crippen molar-refractivity contribution in [2.75, 3.05) is 6.61 Å². The lowest BCUT2D eigenvalue weighted by molar-refractivity contribution is -0.142. The van der Waals surface area contributed by atoms with E-state index in [4.69, 9.17) is 4.74 Å². The number of ether oxygens (including phenoxy) is 1. The minimum atomic E-state index is -0.0803. The van der Waals surface area contributed by atoms with Crippen LogP contribution in [0.5, 0.6) is 0 Å². The van der Waals surface area contributed by atoms with E-state index in [1.54, 1.807) is 0 Å². The monoisotopic (exact) mass is 210 g/mol. The van der Waals surface area contributed by atoms with Crippen molar-refractivity contribution in [1.29, 1.82) is 0 Å². The number of carbonyl (C=O) groups excluding carboxylic acids is 1. The Morgan fingerprint density at radius 1 is 0.867 bits per heavy atom. The second-order valence-corrected chi connectivity index (χ2v) is 4.16. The molecule has 0 N–H and O–H groups in total. The lowest BCUT2D eigenvalue weighted by Gasteiger charge is -2.04. The van der Waals surface area contributed by atoms with Gasteiger partial charge in [0.15, 0.2) is 0 Å². The molecule has 0 aromatic heterocycles. The van der Waals surface area contributed by atoms with Crippen LogP contribution in [0.3, 0.4) is 0 Å². The summed E-state index contributed by atoms with van der Waals surface area (Å²) >= 11 is 0. The Morgan fingerprint density at radius 3 is 2.33 bits per heavy atom. The highest BCUT2D eigenvalue weighted by molar-refractivity contribution is 5.71. The lowest BCUT2D eigenvalue weighted by Crippen LogP contribution is -2.04. The van der Waals surface area contributed by atoms with E-state index in [2.05, 4.69) is 6.08 Å². The first-order chi connectivity index (χ1) is 7.39. The molecule has 1 heterocycles. The van der Waals surface area contributed by atoms with Crippen LogP contribution in [-0.2, 0) is 9.53 Å². The Bertz CT molecular complexity index is 197. The highest BCUT2D eigenvalue weighted by Gasteiger charge is 1.99. The molecule has 0 saturated carbocycles. The van der Waals surface area contributed by atoms with Crippen LogP contribution >= 0.6 is 0 Å². The fraction of sp³-hybridized carbons (Fsp3) is 0.769. The third-order valence-corrected chi connectivity index (χ3v) is 2.73. The molecule has 0 aliphatic carbocycles. The molecule has 0 saturated heterocycles. The van der Waals surface area contributed by atoms with E-state index >= 15 is 0 Å². The highest BCUT2D eigenvalue weighted by atomic mass is 16.5. The number of carbonyl (C=O) groups is 1. The maximum absolute atomic E-state index is 11.2. The van der Waals surface area contributed by atoms with Crippen molar-refractivity contribution < 1.29 is 9.53 Å². The minimum absolute atomic E-state index is 0.0803. The zero-order valence-electron chi connectivity index (χ0n) is 9.54. The largest absolute Gasteiger partial charge is 0.465 e. The van der Waals surface area contributed by atoms with Crippen LogP contribution in [-0.4, -0.2) is 12.6 Å². The van der Waals surface area contributed by atoms with Crippen LogP contribution in [0.2, 0.25) is 0 Å². The molecule has 0 aromatic carbocycles. The zero-order chi connectivity index (χ0) is 10.8. The Kier molecular flexibility index (Phi) is 6.97. The van der Waals surface area contributed by atoms with Crippen LogP contribution in [0.4, 0.5) is 0 Å². The highest BCUT2D eigenvalue weighted by Crippen LogP contribution is 2.10. The molecule has 86 valence electrons. The van der Waals surface area contributed by atoms with Gasteiger partial charge in [0.1, 0.15) is 0 Å². The predicted octanol–water partition coefficient (Wildman–Crippen LogP) is 3.61. The van der Waals surface area contributed by atoms with E-state index in [-0.39, 0.29) is 5.97 Å². The quantitative estimate of drug-likeness (QED) is 0.451. The van der Waals surface area contributed by atoms with Crippen LogP contribution in [0.1, 0.15) is 57.8 Å². The second-order valence-electron chi connectivity index (χ2n) is 4.16. The molecule has 0 amide bonds. The van der Waals surface area contributed by atoms with Gasteiger partial charge in [-0.25, -0.2) is 0 Å². The van der Waals surface area contributed by atoms with Crippen molar-refractivity contribution >= 4 is 5.97 Å². The van der Waals surface area contributed by atoms with Crippen LogP contribution in [0.25, 0.3) is 0 Å². The van der Waals surface area contributed by atoms with E-state index < -0.39 is 0 Å². The number of allylic oxidation sites excluding steroid dienone is 1. The van der Waals surface area contributed by atoms with Crippen LogP contribution in [0, 0.1) is 0 Å². The Labute approximate surface area is 92.7 Å². The van der Waals surface area contributed by atoms with Crippen molar-refractivity contribution in [3.63, 3.8) is 0 Å². The summed E-state index contributed by atoms with van der Waals surface area (Å²) in [5, 5.41) is 0. The first kappa shape index (κ1) is 12.3. The van der Waals surface area contributed by atoms with E-state index in [1.807, 2.05) is 6.08 Å². The first-order valence-corrected chi connectivity index (χ1v) is 6.20. The van der Waals surface area contributed by atoms with E-state index in [0.29, 0.717) is 13.0 Å². The fourth-order valence-electron chi connectivity index (χ4n) is 1.79. The first-order valence-electron chi connectivity index (χ1n) is 6.20. The summed E-state index contributed by atoms with van der Waals surface area (Å²) in [5.74, 6) is -0.0803. The van der Waals surface area contributed by atoms with Gasteiger partial charge in [-0.15, -0.1) is 0 Å². The lowest BCUT2D eigenvalue weighted by atomic mass is 10.1. The SMILES string of the molecule is O=C1C/C=C\CCCCCCCCCO1. The van der Waals surface area contributed by atoms with Gasteiger partial charge >= 0.3 is 5.97 Å². The van der Waals surface area contributed by atoms with Gasteiger partial charge in [0.2, 0.25) is 0 Å². The van der Waals surface area contributed by atoms with E-state index in [9.17, 15) is 4.79 Å². The van der Waals surface area contributed by atoms with Crippen LogP contribution in [0.15, 0.2) is 12.2 Å². The molecule has 0 bridgehead atoms. The van der Waals surface area contributed by atoms with Gasteiger partial charge in [0, 0.05) is 0 Å². The summed E-state index contributed by atoms with van der Waals surface area (Å²) in [6.45, 7) is 0.604. The Hall–Kier alpha value is -0.790. The summed E-state index contributed by atoms with van der Waals surface area (Å²) < 4.78 is 5.10. The maximum atomic E-state index is 11.2. The average Bonchev–Trinajstić information content (AvgIpc) is 2.24. The molecule has 0 fully saturated rings. The minimum Gasteiger partial charge on any atom is -0.465 e. The number of esters is 1. The summed E-state index contributed by atoms with van der Waals surface area (Å²) in [6.07, 6.45) is 14.4. The average molecular weight is 210 g/mol. The summed E-state index contributed by atoms with van der Waals surface area (Å²) in [4.78, 5) is 11.2. The molecule has 0 unspecified atom stereocenters. The van der Waals surface area contributed by atoms with Crippen LogP contribution < -0.4 is 0 Å². The standard InChI is InChI=1S/C13H22O2/c14-13-11-9-7-5-3-1-2-4-6-8-10-12-15-13/h7,9H,1-6,8,10-12H2/b9-7-. The van der Waals surface area contributed by atoms with Gasteiger partial charge < -0.3 is 4.74 Å². The van der Waals surface area contributed by atoms with Gasteiger partial charge in [0.05, 0.1) is 13.0 Å². The Balaban J connectivity index is 2.22. The van der Waals surface area contributed by atoms with E-state index in [0.717, 1.165) is 12.8 Å². The molecule has 1 aliphatic rings. The molecule has 0 aromatic rings. The molecule has 0 radical (unpaired) electrons. The van der Waals surface area contributed by atoms with Crippen molar-refractivity contribution in [2.45, 2.75) is 57.8 Å². The zero-order valence-corrected chi connectivity index (χ0v) is 9.54. The van der Waals surface area contributed by atoms with Crippen molar-refractivity contribution in [1.82, 2.24) is 0 Å². The smallest absolute Gasteiger partial charge is 0.309 e. The summed E-state index contributed by atoms with van der Waals surface area (Å²) in [7, 11) is 0. The number of rotatable bonds is 0. The third kappa shape index (κ3) is 7.18. The molecule has 1 rings (SSSR count). The molecule has 1 aliphatic heterocycles. The van der Waals surface area contributed by atoms with Gasteiger partial charge in [-0.05, 0) is 19.3 Å². The summed E-state index contributed by atoms with van der Waals surface area (Å²) in [5.41, 5.74) is 0. The normalized spacial score (nSPS) is 23.9. The van der Waals surface area contributed by atoms with E-state index in [1.165, 1.54) is 38.5 Å².